The highest BCUT2D eigenvalue weighted by atomic mass is 19.3. The first kappa shape index (κ1) is 22.1. The van der Waals surface area contributed by atoms with Gasteiger partial charge in [-0.2, -0.15) is 13.9 Å². The van der Waals surface area contributed by atoms with Crippen molar-refractivity contribution in [2.45, 2.75) is 19.7 Å². The predicted octanol–water partition coefficient (Wildman–Crippen LogP) is 4.32. The fourth-order valence-corrected chi connectivity index (χ4v) is 3.56. The van der Waals surface area contributed by atoms with E-state index in [1.165, 1.54) is 21.7 Å². The van der Waals surface area contributed by atoms with Gasteiger partial charge >= 0.3 is 6.61 Å². The molecule has 33 heavy (non-hydrogen) atoms. The predicted molar refractivity (Wildman–Crippen MR) is 120 cm³/mol. The van der Waals surface area contributed by atoms with Gasteiger partial charge in [-0.25, -0.2) is 4.68 Å². The lowest BCUT2D eigenvalue weighted by atomic mass is 10.1. The van der Waals surface area contributed by atoms with Gasteiger partial charge in [0, 0.05) is 19.0 Å². The Morgan fingerprint density at radius 1 is 0.939 bits per heavy atom. The van der Waals surface area contributed by atoms with Crippen LogP contribution in [0.1, 0.15) is 21.6 Å². The van der Waals surface area contributed by atoms with Gasteiger partial charge in [-0.3, -0.25) is 9.59 Å². The van der Waals surface area contributed by atoms with Gasteiger partial charge in [0.2, 0.25) is 0 Å². The number of alkyl halides is 2. The third-order valence-corrected chi connectivity index (χ3v) is 5.16. The van der Waals surface area contributed by atoms with Gasteiger partial charge in [-0.15, -0.1) is 0 Å². The van der Waals surface area contributed by atoms with Crippen molar-refractivity contribution in [2.24, 2.45) is 0 Å². The summed E-state index contributed by atoms with van der Waals surface area (Å²) in [5, 5.41) is 5.30. The molecule has 1 aromatic heterocycles. The van der Waals surface area contributed by atoms with Crippen LogP contribution >= 0.6 is 0 Å². The first-order valence-corrected chi connectivity index (χ1v) is 10.3. The van der Waals surface area contributed by atoms with Crippen LogP contribution in [0, 0.1) is 0 Å². The van der Waals surface area contributed by atoms with E-state index < -0.39 is 6.61 Å². The Morgan fingerprint density at radius 3 is 2.24 bits per heavy atom. The maximum atomic E-state index is 13.3. The van der Waals surface area contributed by atoms with Crippen molar-refractivity contribution in [2.75, 3.05) is 7.05 Å². The Hall–Kier alpha value is -4.07. The maximum absolute atomic E-state index is 13.3. The summed E-state index contributed by atoms with van der Waals surface area (Å²) in [4.78, 5) is 27.8. The van der Waals surface area contributed by atoms with Crippen molar-refractivity contribution in [1.82, 2.24) is 14.7 Å². The number of nitrogens with zero attached hydrogens (tertiary/aromatic N) is 3. The van der Waals surface area contributed by atoms with E-state index in [0.717, 1.165) is 11.1 Å². The number of halogens is 2. The summed E-state index contributed by atoms with van der Waals surface area (Å²) in [7, 11) is 1.62. The molecule has 0 atom stereocenters. The molecule has 0 aliphatic carbocycles. The molecule has 4 rings (SSSR count). The average Bonchev–Trinajstić information content (AvgIpc) is 2.82. The van der Waals surface area contributed by atoms with Gasteiger partial charge in [0.25, 0.3) is 11.5 Å². The number of benzene rings is 3. The van der Waals surface area contributed by atoms with Crippen molar-refractivity contribution < 1.29 is 18.3 Å². The molecule has 0 unspecified atom stereocenters. The fraction of sp³-hybridized carbons (Fsp3) is 0.160. The quantitative estimate of drug-likeness (QED) is 0.422. The summed E-state index contributed by atoms with van der Waals surface area (Å²) in [5.74, 6) is -0.315. The van der Waals surface area contributed by atoms with Crippen molar-refractivity contribution in [3.8, 4) is 5.75 Å². The van der Waals surface area contributed by atoms with E-state index in [1.54, 1.807) is 43.4 Å². The Bertz CT molecular complexity index is 1320. The van der Waals surface area contributed by atoms with Gasteiger partial charge in [0.05, 0.1) is 11.9 Å². The first-order chi connectivity index (χ1) is 15.9. The zero-order chi connectivity index (χ0) is 23.4. The lowest BCUT2D eigenvalue weighted by Crippen LogP contribution is -2.32. The minimum absolute atomic E-state index is 0.0448. The molecular formula is C25H21F2N3O3. The summed E-state index contributed by atoms with van der Waals surface area (Å²) in [6.07, 6.45) is 0. The first-order valence-electron chi connectivity index (χ1n) is 10.3. The summed E-state index contributed by atoms with van der Waals surface area (Å²) in [6, 6.07) is 22.4. The summed E-state index contributed by atoms with van der Waals surface area (Å²) >= 11 is 0. The minimum atomic E-state index is -2.90. The van der Waals surface area contributed by atoms with Crippen LogP contribution in [-0.2, 0) is 13.1 Å². The molecule has 0 N–H and O–H groups in total. The van der Waals surface area contributed by atoms with Gasteiger partial charge in [-0.1, -0.05) is 60.7 Å². The Labute approximate surface area is 188 Å². The van der Waals surface area contributed by atoms with Gasteiger partial charge in [0.15, 0.2) is 5.69 Å². The second-order valence-electron chi connectivity index (χ2n) is 7.53. The molecule has 8 heteroatoms. The molecule has 0 saturated heterocycles. The number of aromatic nitrogens is 2. The number of amides is 1. The molecule has 1 heterocycles. The largest absolute Gasteiger partial charge is 0.435 e. The van der Waals surface area contributed by atoms with E-state index in [2.05, 4.69) is 9.84 Å². The van der Waals surface area contributed by atoms with Crippen LogP contribution in [0.25, 0.3) is 10.8 Å². The van der Waals surface area contributed by atoms with E-state index in [4.69, 9.17) is 0 Å². The molecule has 6 nitrogen and oxygen atoms in total. The number of hydrogen-bond acceptors (Lipinski definition) is 4. The highest BCUT2D eigenvalue weighted by Crippen LogP contribution is 2.19. The van der Waals surface area contributed by atoms with Crippen molar-refractivity contribution in [3.05, 3.63) is 106 Å². The Morgan fingerprint density at radius 2 is 1.58 bits per heavy atom. The maximum Gasteiger partial charge on any atom is 0.387 e. The molecule has 0 spiro atoms. The van der Waals surface area contributed by atoms with E-state index in [-0.39, 0.29) is 36.0 Å². The fourth-order valence-electron chi connectivity index (χ4n) is 3.56. The molecule has 1 amide bonds. The zero-order valence-electron chi connectivity index (χ0n) is 17.8. The highest BCUT2D eigenvalue weighted by molar-refractivity contribution is 6.04. The van der Waals surface area contributed by atoms with Crippen LogP contribution < -0.4 is 10.3 Å². The summed E-state index contributed by atoms with van der Waals surface area (Å²) in [6.45, 7) is -2.44. The lowest BCUT2D eigenvalue weighted by Gasteiger charge is -2.19. The monoisotopic (exact) mass is 449 g/mol. The molecule has 0 saturated carbocycles. The molecule has 0 fully saturated rings. The molecular weight excluding hydrogens is 428 g/mol. The highest BCUT2D eigenvalue weighted by Gasteiger charge is 2.20. The van der Waals surface area contributed by atoms with Crippen molar-refractivity contribution in [1.29, 1.82) is 0 Å². The van der Waals surface area contributed by atoms with E-state index in [9.17, 15) is 18.4 Å². The topological polar surface area (TPSA) is 64.4 Å². The van der Waals surface area contributed by atoms with Crippen LogP contribution in [0.4, 0.5) is 8.78 Å². The normalized spacial score (nSPS) is 11.0. The summed E-state index contributed by atoms with van der Waals surface area (Å²) < 4.78 is 30.3. The van der Waals surface area contributed by atoms with E-state index >= 15 is 0 Å². The number of ether oxygens (including phenoxy) is 1. The third kappa shape index (κ3) is 5.06. The average molecular weight is 449 g/mol. The van der Waals surface area contributed by atoms with Crippen LogP contribution in [-0.4, -0.2) is 34.2 Å². The summed E-state index contributed by atoms with van der Waals surface area (Å²) in [5.41, 5.74) is 1.51. The SMILES string of the molecule is CN(Cc1ccc(OC(F)F)cc1)C(=O)c1nn(Cc2ccccc2)c(=O)c2ccccc12. The second-order valence-corrected chi connectivity index (χ2v) is 7.53. The molecule has 3 aromatic carbocycles. The third-order valence-electron chi connectivity index (χ3n) is 5.16. The van der Waals surface area contributed by atoms with E-state index in [0.29, 0.717) is 10.8 Å². The van der Waals surface area contributed by atoms with Gasteiger partial charge < -0.3 is 9.64 Å². The lowest BCUT2D eigenvalue weighted by molar-refractivity contribution is -0.0498. The molecule has 0 bridgehead atoms. The number of carbonyl (C=O) groups excluding carboxylic acids is 1. The number of rotatable bonds is 7. The van der Waals surface area contributed by atoms with Crippen molar-refractivity contribution in [3.63, 3.8) is 0 Å². The minimum Gasteiger partial charge on any atom is -0.435 e. The Kier molecular flexibility index (Phi) is 6.44. The number of fused-ring (bicyclic) bond motifs is 1. The second kappa shape index (κ2) is 9.60. The van der Waals surface area contributed by atoms with Gasteiger partial charge in [-0.05, 0) is 29.3 Å². The number of hydrogen-bond donors (Lipinski definition) is 0. The standard InChI is InChI=1S/C25H21F2N3O3/c1-29(15-18-11-13-19(14-12-18)33-25(26)27)24(32)22-20-9-5-6-10-21(20)23(31)30(28-22)16-17-7-3-2-4-8-17/h2-14,25H,15-16H2,1H3. The molecule has 168 valence electrons. The molecule has 0 aliphatic rings. The molecule has 0 aliphatic heterocycles. The molecule has 0 radical (unpaired) electrons. The van der Waals surface area contributed by atoms with Crippen LogP contribution in [0.15, 0.2) is 83.7 Å². The van der Waals surface area contributed by atoms with Gasteiger partial charge in [0.1, 0.15) is 5.75 Å². The van der Waals surface area contributed by atoms with Crippen LogP contribution in [0.3, 0.4) is 0 Å². The Balaban J connectivity index is 1.64. The van der Waals surface area contributed by atoms with Crippen LogP contribution in [0.2, 0.25) is 0 Å². The number of carbonyl (C=O) groups is 1. The van der Waals surface area contributed by atoms with Crippen LogP contribution in [0.5, 0.6) is 5.75 Å². The molecule has 4 aromatic rings. The van der Waals surface area contributed by atoms with E-state index in [1.807, 2.05) is 30.3 Å². The zero-order valence-corrected chi connectivity index (χ0v) is 17.8. The smallest absolute Gasteiger partial charge is 0.387 e. The van der Waals surface area contributed by atoms with Crippen molar-refractivity contribution >= 4 is 16.7 Å².